The molecule has 94 valence electrons. The van der Waals surface area contributed by atoms with E-state index in [1.165, 1.54) is 11.0 Å². The molecule has 0 aliphatic rings. The first kappa shape index (κ1) is 12.3. The van der Waals surface area contributed by atoms with Crippen LogP contribution in [0.5, 0.6) is 0 Å². The number of aryl methyl sites for hydroxylation is 1. The Morgan fingerprint density at radius 3 is 2.89 bits per heavy atom. The normalized spacial score (nSPS) is 10.4. The summed E-state index contributed by atoms with van der Waals surface area (Å²) < 4.78 is 13.4. The second kappa shape index (κ2) is 5.00. The van der Waals surface area contributed by atoms with Gasteiger partial charge in [0.1, 0.15) is 5.82 Å². The van der Waals surface area contributed by atoms with E-state index in [1.807, 2.05) is 0 Å². The molecule has 0 unspecified atom stereocenters. The molecule has 1 N–H and O–H groups in total. The van der Waals surface area contributed by atoms with E-state index in [-0.39, 0.29) is 11.7 Å². The van der Waals surface area contributed by atoms with E-state index in [9.17, 15) is 9.18 Å². The number of carbonyl (C=O) groups excluding carboxylic acids is 1. The Kier molecular flexibility index (Phi) is 3.41. The van der Waals surface area contributed by atoms with Gasteiger partial charge in [0.05, 0.1) is 6.20 Å². The summed E-state index contributed by atoms with van der Waals surface area (Å²) in [6.45, 7) is 2.10. The monoisotopic (exact) mass is 247 g/mol. The van der Waals surface area contributed by atoms with Crippen LogP contribution >= 0.6 is 0 Å². The Hall–Kier alpha value is -2.17. The number of nitrogens with one attached hydrogen (secondary N) is 1. The average Bonchev–Trinajstić information content (AvgIpc) is 2.84. The standard InChI is InChI=1S/C13H14FN3O/c1-9-3-4-11(5-12(9)14)13(18)17(2)8-10-6-15-16-7-10/h3-7H,8H2,1-2H3,(H,15,16). The highest BCUT2D eigenvalue weighted by molar-refractivity contribution is 5.94. The van der Waals surface area contributed by atoms with Crippen LogP contribution in [0.2, 0.25) is 0 Å². The van der Waals surface area contributed by atoms with Crippen LogP contribution in [0, 0.1) is 12.7 Å². The maximum Gasteiger partial charge on any atom is 0.254 e. The quantitative estimate of drug-likeness (QED) is 0.903. The third-order valence-electron chi connectivity index (χ3n) is 2.74. The van der Waals surface area contributed by atoms with Gasteiger partial charge in [-0.3, -0.25) is 9.89 Å². The molecule has 0 fully saturated rings. The number of nitrogens with zero attached hydrogens (tertiary/aromatic N) is 2. The summed E-state index contributed by atoms with van der Waals surface area (Å²) in [5.41, 5.74) is 1.78. The summed E-state index contributed by atoms with van der Waals surface area (Å²) in [6, 6.07) is 4.50. The van der Waals surface area contributed by atoms with Gasteiger partial charge in [0.15, 0.2) is 0 Å². The third kappa shape index (κ3) is 2.56. The van der Waals surface area contributed by atoms with Gasteiger partial charge in [0.2, 0.25) is 0 Å². The van der Waals surface area contributed by atoms with Crippen LogP contribution in [-0.4, -0.2) is 28.1 Å². The molecule has 1 heterocycles. The SMILES string of the molecule is Cc1ccc(C(=O)N(C)Cc2cn[nH]c2)cc1F. The molecule has 0 saturated carbocycles. The zero-order valence-corrected chi connectivity index (χ0v) is 10.3. The van der Waals surface area contributed by atoms with Gasteiger partial charge in [-0.05, 0) is 24.6 Å². The Morgan fingerprint density at radius 1 is 1.50 bits per heavy atom. The zero-order valence-electron chi connectivity index (χ0n) is 10.3. The fourth-order valence-corrected chi connectivity index (χ4v) is 1.66. The van der Waals surface area contributed by atoms with Gasteiger partial charge < -0.3 is 4.90 Å². The van der Waals surface area contributed by atoms with Gasteiger partial charge in [0.25, 0.3) is 5.91 Å². The highest BCUT2D eigenvalue weighted by Gasteiger charge is 2.13. The molecule has 1 amide bonds. The van der Waals surface area contributed by atoms with E-state index >= 15 is 0 Å². The van der Waals surface area contributed by atoms with Gasteiger partial charge in [-0.15, -0.1) is 0 Å². The molecule has 0 spiro atoms. The molecule has 1 aromatic heterocycles. The summed E-state index contributed by atoms with van der Waals surface area (Å²) in [6.07, 6.45) is 3.37. The molecule has 2 rings (SSSR count). The van der Waals surface area contributed by atoms with Crippen molar-refractivity contribution in [3.8, 4) is 0 Å². The lowest BCUT2D eigenvalue weighted by molar-refractivity contribution is 0.0784. The number of hydrogen-bond donors (Lipinski definition) is 1. The van der Waals surface area contributed by atoms with Gasteiger partial charge in [0, 0.05) is 30.9 Å². The van der Waals surface area contributed by atoms with Crippen molar-refractivity contribution in [2.24, 2.45) is 0 Å². The molecule has 4 nitrogen and oxygen atoms in total. The highest BCUT2D eigenvalue weighted by atomic mass is 19.1. The van der Waals surface area contributed by atoms with Gasteiger partial charge in [-0.1, -0.05) is 6.07 Å². The van der Waals surface area contributed by atoms with Crippen LogP contribution in [-0.2, 0) is 6.54 Å². The molecule has 0 aliphatic carbocycles. The first-order valence-electron chi connectivity index (χ1n) is 5.57. The van der Waals surface area contributed by atoms with E-state index < -0.39 is 0 Å². The lowest BCUT2D eigenvalue weighted by Gasteiger charge is -2.16. The topological polar surface area (TPSA) is 49.0 Å². The molecule has 5 heteroatoms. The Balaban J connectivity index is 2.12. The van der Waals surface area contributed by atoms with Gasteiger partial charge in [-0.25, -0.2) is 4.39 Å². The van der Waals surface area contributed by atoms with E-state index in [0.717, 1.165) is 5.56 Å². The second-order valence-corrected chi connectivity index (χ2v) is 4.23. The first-order chi connectivity index (χ1) is 8.58. The van der Waals surface area contributed by atoms with Crippen LogP contribution in [0.4, 0.5) is 4.39 Å². The van der Waals surface area contributed by atoms with Crippen molar-refractivity contribution >= 4 is 5.91 Å². The van der Waals surface area contributed by atoms with E-state index in [1.54, 1.807) is 38.5 Å². The van der Waals surface area contributed by atoms with Crippen molar-refractivity contribution < 1.29 is 9.18 Å². The predicted octanol–water partition coefficient (Wildman–Crippen LogP) is 2.13. The Labute approximate surface area is 104 Å². The fraction of sp³-hybridized carbons (Fsp3) is 0.231. The summed E-state index contributed by atoms with van der Waals surface area (Å²) >= 11 is 0. The molecule has 1 aromatic carbocycles. The summed E-state index contributed by atoms with van der Waals surface area (Å²) in [5, 5.41) is 6.49. The number of H-pyrrole nitrogens is 1. The molecular weight excluding hydrogens is 233 g/mol. The fourth-order valence-electron chi connectivity index (χ4n) is 1.66. The highest BCUT2D eigenvalue weighted by Crippen LogP contribution is 2.12. The molecule has 18 heavy (non-hydrogen) atoms. The smallest absolute Gasteiger partial charge is 0.254 e. The van der Waals surface area contributed by atoms with Crippen molar-refractivity contribution in [1.29, 1.82) is 0 Å². The number of amides is 1. The van der Waals surface area contributed by atoms with Crippen molar-refractivity contribution in [1.82, 2.24) is 15.1 Å². The third-order valence-corrected chi connectivity index (χ3v) is 2.74. The van der Waals surface area contributed by atoms with Crippen LogP contribution in [0.1, 0.15) is 21.5 Å². The van der Waals surface area contributed by atoms with Crippen LogP contribution in [0.25, 0.3) is 0 Å². The summed E-state index contributed by atoms with van der Waals surface area (Å²) in [5.74, 6) is -0.576. The minimum Gasteiger partial charge on any atom is -0.337 e. The zero-order chi connectivity index (χ0) is 13.1. The second-order valence-electron chi connectivity index (χ2n) is 4.23. The van der Waals surface area contributed by atoms with Gasteiger partial charge >= 0.3 is 0 Å². The number of hydrogen-bond acceptors (Lipinski definition) is 2. The average molecular weight is 247 g/mol. The van der Waals surface area contributed by atoms with Crippen molar-refractivity contribution in [3.05, 3.63) is 53.1 Å². The first-order valence-corrected chi connectivity index (χ1v) is 5.57. The van der Waals surface area contributed by atoms with Crippen LogP contribution in [0.15, 0.2) is 30.6 Å². The van der Waals surface area contributed by atoms with Crippen LogP contribution < -0.4 is 0 Å². The Morgan fingerprint density at radius 2 is 2.28 bits per heavy atom. The van der Waals surface area contributed by atoms with Crippen molar-refractivity contribution in [3.63, 3.8) is 0 Å². The largest absolute Gasteiger partial charge is 0.337 e. The maximum atomic E-state index is 13.4. The molecule has 0 radical (unpaired) electrons. The predicted molar refractivity (Wildman–Crippen MR) is 65.5 cm³/mol. The Bertz CT molecular complexity index is 551. The number of rotatable bonds is 3. The summed E-state index contributed by atoms with van der Waals surface area (Å²) in [7, 11) is 1.67. The molecule has 2 aromatic rings. The maximum absolute atomic E-state index is 13.4. The van der Waals surface area contributed by atoms with E-state index in [0.29, 0.717) is 17.7 Å². The number of carbonyl (C=O) groups is 1. The van der Waals surface area contributed by atoms with Crippen molar-refractivity contribution in [2.75, 3.05) is 7.05 Å². The van der Waals surface area contributed by atoms with Gasteiger partial charge in [-0.2, -0.15) is 5.10 Å². The molecular formula is C13H14FN3O. The number of halogens is 1. The van der Waals surface area contributed by atoms with Crippen LogP contribution in [0.3, 0.4) is 0 Å². The lowest BCUT2D eigenvalue weighted by atomic mass is 10.1. The van der Waals surface area contributed by atoms with Crippen molar-refractivity contribution in [2.45, 2.75) is 13.5 Å². The minimum absolute atomic E-state index is 0.213. The molecule has 0 bridgehead atoms. The number of benzene rings is 1. The molecule has 0 saturated heterocycles. The summed E-state index contributed by atoms with van der Waals surface area (Å²) in [4.78, 5) is 13.6. The lowest BCUT2D eigenvalue weighted by Crippen LogP contribution is -2.26. The molecule has 0 aliphatic heterocycles. The molecule has 0 atom stereocenters. The van der Waals surface area contributed by atoms with E-state index in [2.05, 4.69) is 10.2 Å². The minimum atomic E-state index is -0.363. The van der Waals surface area contributed by atoms with E-state index in [4.69, 9.17) is 0 Å². The number of aromatic amines is 1. The number of aromatic nitrogens is 2.